The van der Waals surface area contributed by atoms with Gasteiger partial charge in [-0.15, -0.1) is 0 Å². The number of carbonyl (C=O) groups excluding carboxylic acids is 1. The number of carbonyl (C=O) groups is 2. The minimum absolute atomic E-state index is 0.107. The zero-order chi connectivity index (χ0) is 13.7. The molecule has 0 aliphatic carbocycles. The summed E-state index contributed by atoms with van der Waals surface area (Å²) < 4.78 is 12.9. The van der Waals surface area contributed by atoms with Gasteiger partial charge >= 0.3 is 12.0 Å². The van der Waals surface area contributed by atoms with Crippen LogP contribution in [0.2, 0.25) is 5.02 Å². The molecule has 18 heavy (non-hydrogen) atoms. The number of halogens is 2. The summed E-state index contributed by atoms with van der Waals surface area (Å²) in [6.07, 6.45) is -1.70. The van der Waals surface area contributed by atoms with Crippen LogP contribution in [0.1, 0.15) is 0 Å². The van der Waals surface area contributed by atoms with Crippen molar-refractivity contribution < 1.29 is 24.2 Å². The number of aliphatic hydroxyl groups is 1. The topological polar surface area (TPSA) is 98.7 Å². The van der Waals surface area contributed by atoms with Crippen molar-refractivity contribution in [2.24, 2.45) is 0 Å². The van der Waals surface area contributed by atoms with E-state index in [9.17, 15) is 14.0 Å². The molecular weight excluding hydrogens is 267 g/mol. The molecule has 0 unspecified atom stereocenters. The van der Waals surface area contributed by atoms with Crippen molar-refractivity contribution in [2.75, 3.05) is 11.9 Å². The van der Waals surface area contributed by atoms with E-state index in [0.717, 1.165) is 12.1 Å². The number of rotatable bonds is 4. The smallest absolute Gasteiger partial charge is 0.334 e. The third-order valence-electron chi connectivity index (χ3n) is 1.86. The van der Waals surface area contributed by atoms with Crippen LogP contribution in [0.15, 0.2) is 18.2 Å². The Morgan fingerprint density at radius 2 is 2.06 bits per heavy atom. The summed E-state index contributed by atoms with van der Waals surface area (Å²) in [6.45, 7) is -0.468. The predicted molar refractivity (Wildman–Crippen MR) is 62.1 cm³/mol. The molecule has 0 spiro atoms. The molecule has 1 atom stereocenters. The Bertz CT molecular complexity index is 449. The third-order valence-corrected chi connectivity index (χ3v) is 2.08. The van der Waals surface area contributed by atoms with E-state index in [1.807, 2.05) is 0 Å². The van der Waals surface area contributed by atoms with Gasteiger partial charge in [0.1, 0.15) is 5.82 Å². The molecule has 0 saturated heterocycles. The van der Waals surface area contributed by atoms with Crippen molar-refractivity contribution in [2.45, 2.75) is 6.10 Å². The number of urea groups is 1. The van der Waals surface area contributed by atoms with E-state index in [1.54, 1.807) is 0 Å². The fraction of sp³-hybridized carbons (Fsp3) is 0.200. The Labute approximate surface area is 106 Å². The Balaban J connectivity index is 2.52. The van der Waals surface area contributed by atoms with Crippen LogP contribution in [0.25, 0.3) is 0 Å². The van der Waals surface area contributed by atoms with Gasteiger partial charge in [0.15, 0.2) is 6.10 Å². The molecule has 0 aromatic heterocycles. The number of aliphatic carboxylic acids is 1. The van der Waals surface area contributed by atoms with E-state index < -0.39 is 30.5 Å². The molecule has 6 nitrogen and oxygen atoms in total. The standard InChI is InChI=1S/C10H10ClFN2O4/c11-5-1-6(12)3-7(2-5)14-10(18)13-4-8(15)9(16)17/h1-3,8,15H,4H2,(H,16,17)(H2,13,14,18)/t8-/m0/s1. The van der Waals surface area contributed by atoms with Gasteiger partial charge in [0, 0.05) is 10.7 Å². The number of nitrogens with one attached hydrogen (secondary N) is 2. The Kier molecular flexibility index (Phi) is 4.87. The molecule has 0 saturated carbocycles. The number of carboxylic acid groups (broad SMARTS) is 1. The third kappa shape index (κ3) is 4.56. The summed E-state index contributed by atoms with van der Waals surface area (Å²) in [4.78, 5) is 21.5. The Morgan fingerprint density at radius 1 is 1.39 bits per heavy atom. The molecule has 0 bridgehead atoms. The first-order chi connectivity index (χ1) is 8.38. The number of aliphatic hydroxyl groups excluding tert-OH is 1. The lowest BCUT2D eigenvalue weighted by Crippen LogP contribution is -2.38. The molecule has 0 heterocycles. The quantitative estimate of drug-likeness (QED) is 0.660. The van der Waals surface area contributed by atoms with Crippen LogP contribution in [0.3, 0.4) is 0 Å². The van der Waals surface area contributed by atoms with Crippen LogP contribution < -0.4 is 10.6 Å². The average molecular weight is 277 g/mol. The highest BCUT2D eigenvalue weighted by molar-refractivity contribution is 6.30. The largest absolute Gasteiger partial charge is 0.479 e. The van der Waals surface area contributed by atoms with Gasteiger partial charge < -0.3 is 20.8 Å². The summed E-state index contributed by atoms with van der Waals surface area (Å²) in [5.74, 6) is -2.08. The van der Waals surface area contributed by atoms with Gasteiger partial charge in [-0.2, -0.15) is 0 Å². The summed E-state index contributed by atoms with van der Waals surface area (Å²) in [5.41, 5.74) is 0.113. The van der Waals surface area contributed by atoms with Crippen LogP contribution in [0.4, 0.5) is 14.9 Å². The number of anilines is 1. The number of hydrogen-bond acceptors (Lipinski definition) is 3. The first-order valence-corrected chi connectivity index (χ1v) is 5.18. The first kappa shape index (κ1) is 14.2. The van der Waals surface area contributed by atoms with Crippen molar-refractivity contribution in [3.05, 3.63) is 29.0 Å². The van der Waals surface area contributed by atoms with Gasteiger partial charge in [0.25, 0.3) is 0 Å². The summed E-state index contributed by atoms with van der Waals surface area (Å²) in [6, 6.07) is 2.65. The molecule has 0 aliphatic rings. The van der Waals surface area contributed by atoms with E-state index in [0.29, 0.717) is 0 Å². The highest BCUT2D eigenvalue weighted by Crippen LogP contribution is 2.17. The second-order valence-corrected chi connectivity index (χ2v) is 3.78. The highest BCUT2D eigenvalue weighted by atomic mass is 35.5. The van der Waals surface area contributed by atoms with Gasteiger partial charge in [0.2, 0.25) is 0 Å². The molecule has 1 rings (SSSR count). The maximum absolute atomic E-state index is 12.9. The fourth-order valence-corrected chi connectivity index (χ4v) is 1.30. The summed E-state index contributed by atoms with van der Waals surface area (Å²) >= 11 is 5.57. The van der Waals surface area contributed by atoms with Gasteiger partial charge in [0.05, 0.1) is 6.54 Å². The number of carboxylic acids is 1. The highest BCUT2D eigenvalue weighted by Gasteiger charge is 2.14. The van der Waals surface area contributed by atoms with E-state index in [-0.39, 0.29) is 10.7 Å². The minimum atomic E-state index is -1.70. The number of hydrogen-bond donors (Lipinski definition) is 4. The SMILES string of the molecule is O=C(NC[C@H](O)C(=O)O)Nc1cc(F)cc(Cl)c1. The normalized spacial score (nSPS) is 11.7. The van der Waals surface area contributed by atoms with Crippen LogP contribution in [0, 0.1) is 5.82 Å². The molecule has 4 N–H and O–H groups in total. The monoisotopic (exact) mass is 276 g/mol. The van der Waals surface area contributed by atoms with E-state index in [2.05, 4.69) is 10.6 Å². The van der Waals surface area contributed by atoms with Crippen molar-refractivity contribution in [3.8, 4) is 0 Å². The number of benzene rings is 1. The van der Waals surface area contributed by atoms with Gasteiger partial charge in [-0.1, -0.05) is 11.6 Å². The van der Waals surface area contributed by atoms with Gasteiger partial charge in [-0.25, -0.2) is 14.0 Å². The van der Waals surface area contributed by atoms with E-state index >= 15 is 0 Å². The fourth-order valence-electron chi connectivity index (χ4n) is 1.08. The Hall–Kier alpha value is -1.86. The first-order valence-electron chi connectivity index (χ1n) is 4.80. The van der Waals surface area contributed by atoms with Crippen LogP contribution >= 0.6 is 11.6 Å². The van der Waals surface area contributed by atoms with Crippen molar-refractivity contribution in [1.82, 2.24) is 5.32 Å². The van der Waals surface area contributed by atoms with Crippen molar-refractivity contribution in [1.29, 1.82) is 0 Å². The molecule has 0 aliphatic heterocycles. The van der Waals surface area contributed by atoms with Crippen LogP contribution in [0.5, 0.6) is 0 Å². The van der Waals surface area contributed by atoms with E-state index in [4.69, 9.17) is 21.8 Å². The minimum Gasteiger partial charge on any atom is -0.479 e. The lowest BCUT2D eigenvalue weighted by molar-refractivity contribution is -0.146. The zero-order valence-electron chi connectivity index (χ0n) is 8.98. The maximum Gasteiger partial charge on any atom is 0.334 e. The molecule has 1 aromatic carbocycles. The molecule has 8 heteroatoms. The molecule has 2 amide bonds. The van der Waals surface area contributed by atoms with Crippen LogP contribution in [-0.2, 0) is 4.79 Å². The summed E-state index contributed by atoms with van der Waals surface area (Å²) in [5, 5.41) is 21.7. The average Bonchev–Trinajstić information content (AvgIpc) is 2.24. The molecule has 0 fully saturated rings. The molecule has 0 radical (unpaired) electrons. The van der Waals surface area contributed by atoms with Crippen molar-refractivity contribution >= 4 is 29.3 Å². The lowest BCUT2D eigenvalue weighted by Gasteiger charge is -2.09. The van der Waals surface area contributed by atoms with E-state index in [1.165, 1.54) is 6.07 Å². The number of amides is 2. The van der Waals surface area contributed by atoms with Gasteiger partial charge in [-0.3, -0.25) is 0 Å². The molecule has 1 aromatic rings. The zero-order valence-corrected chi connectivity index (χ0v) is 9.74. The molecule has 98 valence electrons. The van der Waals surface area contributed by atoms with Gasteiger partial charge in [-0.05, 0) is 18.2 Å². The predicted octanol–water partition coefficient (Wildman–Crippen LogP) is 1.05. The lowest BCUT2D eigenvalue weighted by atomic mass is 10.3. The second kappa shape index (κ2) is 6.18. The second-order valence-electron chi connectivity index (χ2n) is 3.35. The summed E-state index contributed by atoms with van der Waals surface area (Å²) in [7, 11) is 0. The Morgan fingerprint density at radius 3 is 2.61 bits per heavy atom. The maximum atomic E-state index is 12.9. The van der Waals surface area contributed by atoms with Crippen LogP contribution in [-0.4, -0.2) is 34.9 Å². The van der Waals surface area contributed by atoms with Crippen molar-refractivity contribution in [3.63, 3.8) is 0 Å². The molecular formula is C10H10ClFN2O4.